The monoisotopic (exact) mass is 354 g/mol. The van der Waals surface area contributed by atoms with Crippen molar-refractivity contribution in [2.75, 3.05) is 18.4 Å². The van der Waals surface area contributed by atoms with Gasteiger partial charge in [0, 0.05) is 30.3 Å². The van der Waals surface area contributed by atoms with Gasteiger partial charge in [-0.15, -0.1) is 0 Å². The molecule has 1 aliphatic rings. The van der Waals surface area contributed by atoms with Crippen LogP contribution in [-0.4, -0.2) is 29.8 Å². The van der Waals surface area contributed by atoms with Crippen LogP contribution < -0.4 is 5.32 Å². The van der Waals surface area contributed by atoms with E-state index in [0.29, 0.717) is 36.3 Å². The van der Waals surface area contributed by atoms with Crippen LogP contribution in [0.1, 0.15) is 42.1 Å². The van der Waals surface area contributed by atoms with E-state index >= 15 is 0 Å². The fraction of sp³-hybridized carbons (Fsp3) is 0.333. The van der Waals surface area contributed by atoms with E-state index in [2.05, 4.69) is 5.32 Å². The van der Waals surface area contributed by atoms with Crippen molar-refractivity contribution in [1.29, 1.82) is 0 Å². The summed E-state index contributed by atoms with van der Waals surface area (Å²) < 4.78 is 13.9. The zero-order valence-electron chi connectivity index (χ0n) is 15.0. The molecule has 0 radical (unpaired) electrons. The second kappa shape index (κ2) is 7.68. The van der Waals surface area contributed by atoms with Gasteiger partial charge in [-0.1, -0.05) is 24.3 Å². The lowest BCUT2D eigenvalue weighted by Gasteiger charge is -2.19. The average Bonchev–Trinajstić information content (AvgIpc) is 3.44. The Morgan fingerprint density at radius 1 is 1.12 bits per heavy atom. The summed E-state index contributed by atoms with van der Waals surface area (Å²) in [6, 6.07) is 13.5. The summed E-state index contributed by atoms with van der Waals surface area (Å²) in [5, 5.41) is 2.86. The number of anilines is 1. The van der Waals surface area contributed by atoms with Crippen LogP contribution in [0.4, 0.5) is 10.1 Å². The predicted octanol–water partition coefficient (Wildman–Crippen LogP) is 4.05. The average molecular weight is 354 g/mol. The molecule has 1 saturated carbocycles. The minimum atomic E-state index is -0.264. The Kier molecular flexibility index (Phi) is 5.35. The summed E-state index contributed by atoms with van der Waals surface area (Å²) >= 11 is 0. The summed E-state index contributed by atoms with van der Waals surface area (Å²) in [7, 11) is 0. The Hall–Kier alpha value is -2.69. The summed E-state index contributed by atoms with van der Waals surface area (Å²) in [6.07, 6.45) is 0.644. The number of carbonyl (C=O) groups excluding carboxylic acids is 2. The van der Waals surface area contributed by atoms with E-state index in [1.807, 2.05) is 13.8 Å². The van der Waals surface area contributed by atoms with Gasteiger partial charge in [0.25, 0.3) is 5.91 Å². The highest BCUT2D eigenvalue weighted by Gasteiger charge is 2.45. The van der Waals surface area contributed by atoms with Crippen LogP contribution in [0.3, 0.4) is 0 Å². The van der Waals surface area contributed by atoms with Gasteiger partial charge in [-0.05, 0) is 56.0 Å². The SMILES string of the molecule is CCN(CC)C(=O)c1cccc(NC(=O)C2CC2c2ccccc2F)c1. The van der Waals surface area contributed by atoms with Crippen LogP contribution in [0, 0.1) is 11.7 Å². The largest absolute Gasteiger partial charge is 0.339 e. The van der Waals surface area contributed by atoms with Gasteiger partial charge in [0.1, 0.15) is 5.82 Å². The molecule has 2 unspecified atom stereocenters. The van der Waals surface area contributed by atoms with Gasteiger partial charge in [0.05, 0.1) is 0 Å². The van der Waals surface area contributed by atoms with Crippen molar-refractivity contribution in [3.05, 3.63) is 65.5 Å². The molecular formula is C21H23FN2O2. The van der Waals surface area contributed by atoms with Crippen LogP contribution >= 0.6 is 0 Å². The van der Waals surface area contributed by atoms with Gasteiger partial charge in [-0.3, -0.25) is 9.59 Å². The molecule has 0 saturated heterocycles. The highest BCUT2D eigenvalue weighted by molar-refractivity contribution is 5.98. The second-order valence-electron chi connectivity index (χ2n) is 6.52. The topological polar surface area (TPSA) is 49.4 Å². The van der Waals surface area contributed by atoms with Crippen molar-refractivity contribution in [2.45, 2.75) is 26.2 Å². The Bertz CT molecular complexity index is 817. The van der Waals surface area contributed by atoms with Crippen LogP contribution in [0.5, 0.6) is 0 Å². The fourth-order valence-electron chi connectivity index (χ4n) is 3.26. The minimum Gasteiger partial charge on any atom is -0.339 e. The Morgan fingerprint density at radius 3 is 2.54 bits per heavy atom. The van der Waals surface area contributed by atoms with Crippen molar-refractivity contribution >= 4 is 17.5 Å². The van der Waals surface area contributed by atoms with Gasteiger partial charge in [0.2, 0.25) is 5.91 Å². The zero-order valence-corrected chi connectivity index (χ0v) is 15.0. The van der Waals surface area contributed by atoms with E-state index in [1.54, 1.807) is 47.4 Å². The summed E-state index contributed by atoms with van der Waals surface area (Å²) in [5.41, 5.74) is 1.73. The molecule has 2 amide bonds. The quantitative estimate of drug-likeness (QED) is 0.851. The van der Waals surface area contributed by atoms with Gasteiger partial charge in [0.15, 0.2) is 0 Å². The molecule has 0 spiro atoms. The lowest BCUT2D eigenvalue weighted by atomic mass is 10.1. The van der Waals surface area contributed by atoms with Crippen molar-refractivity contribution in [2.24, 2.45) is 5.92 Å². The van der Waals surface area contributed by atoms with Crippen LogP contribution in [0.2, 0.25) is 0 Å². The van der Waals surface area contributed by atoms with E-state index < -0.39 is 0 Å². The molecule has 1 N–H and O–H groups in total. The third-order valence-corrected chi connectivity index (χ3v) is 4.86. The molecule has 0 aliphatic heterocycles. The third kappa shape index (κ3) is 3.77. The first kappa shape index (κ1) is 18.1. The Morgan fingerprint density at radius 2 is 1.85 bits per heavy atom. The molecule has 5 heteroatoms. The first-order valence-corrected chi connectivity index (χ1v) is 8.99. The lowest BCUT2D eigenvalue weighted by Crippen LogP contribution is -2.30. The molecule has 1 aliphatic carbocycles. The number of amides is 2. The first-order valence-electron chi connectivity index (χ1n) is 8.99. The maximum atomic E-state index is 13.9. The van der Waals surface area contributed by atoms with Gasteiger partial charge in [-0.2, -0.15) is 0 Å². The number of nitrogens with one attached hydrogen (secondary N) is 1. The third-order valence-electron chi connectivity index (χ3n) is 4.86. The maximum Gasteiger partial charge on any atom is 0.253 e. The van der Waals surface area contributed by atoms with Gasteiger partial charge >= 0.3 is 0 Å². The first-order chi connectivity index (χ1) is 12.5. The smallest absolute Gasteiger partial charge is 0.253 e. The molecule has 26 heavy (non-hydrogen) atoms. The van der Waals surface area contributed by atoms with E-state index in [0.717, 1.165) is 0 Å². The van der Waals surface area contributed by atoms with Crippen molar-refractivity contribution in [3.63, 3.8) is 0 Å². The number of nitrogens with zero attached hydrogens (tertiary/aromatic N) is 1. The van der Waals surface area contributed by atoms with Gasteiger partial charge in [-0.25, -0.2) is 4.39 Å². The predicted molar refractivity (Wildman–Crippen MR) is 99.6 cm³/mol. The minimum absolute atomic E-state index is 0.0539. The number of benzene rings is 2. The van der Waals surface area contributed by atoms with E-state index in [9.17, 15) is 14.0 Å². The summed E-state index contributed by atoms with van der Waals surface area (Å²) in [5.74, 6) is -0.752. The zero-order chi connectivity index (χ0) is 18.7. The van der Waals surface area contributed by atoms with E-state index in [1.165, 1.54) is 6.07 Å². The molecule has 2 aromatic carbocycles. The molecule has 2 aromatic rings. The Balaban J connectivity index is 1.67. The molecule has 3 rings (SSSR count). The molecule has 2 atom stereocenters. The number of hydrogen-bond acceptors (Lipinski definition) is 2. The molecule has 0 heterocycles. The van der Waals surface area contributed by atoms with Crippen LogP contribution in [0.25, 0.3) is 0 Å². The number of rotatable bonds is 6. The molecule has 1 fully saturated rings. The molecule has 0 aromatic heterocycles. The molecule has 0 bridgehead atoms. The number of halogens is 1. The maximum absolute atomic E-state index is 13.9. The normalized spacial score (nSPS) is 18.3. The standard InChI is InChI=1S/C21H23FN2O2/c1-3-24(4-2)21(26)14-8-7-9-15(12-14)23-20(25)18-13-17(18)16-10-5-6-11-19(16)22/h5-12,17-18H,3-4,13H2,1-2H3,(H,23,25). The number of carbonyl (C=O) groups is 2. The highest BCUT2D eigenvalue weighted by Crippen LogP contribution is 2.48. The van der Waals surface area contributed by atoms with Gasteiger partial charge < -0.3 is 10.2 Å². The Labute approximate surface area is 153 Å². The molecule has 136 valence electrons. The molecule has 4 nitrogen and oxygen atoms in total. The highest BCUT2D eigenvalue weighted by atomic mass is 19.1. The van der Waals surface area contributed by atoms with Crippen LogP contribution in [0.15, 0.2) is 48.5 Å². The summed E-state index contributed by atoms with van der Waals surface area (Å²) in [4.78, 5) is 26.6. The van der Waals surface area contributed by atoms with Crippen molar-refractivity contribution in [3.8, 4) is 0 Å². The second-order valence-corrected chi connectivity index (χ2v) is 6.52. The van der Waals surface area contributed by atoms with Crippen molar-refractivity contribution < 1.29 is 14.0 Å². The van der Waals surface area contributed by atoms with Crippen LogP contribution in [-0.2, 0) is 4.79 Å². The van der Waals surface area contributed by atoms with E-state index in [4.69, 9.17) is 0 Å². The lowest BCUT2D eigenvalue weighted by molar-refractivity contribution is -0.117. The van der Waals surface area contributed by atoms with Crippen molar-refractivity contribution in [1.82, 2.24) is 4.90 Å². The molecular weight excluding hydrogens is 331 g/mol. The summed E-state index contributed by atoms with van der Waals surface area (Å²) in [6.45, 7) is 5.14. The number of hydrogen-bond donors (Lipinski definition) is 1. The fourth-order valence-corrected chi connectivity index (χ4v) is 3.26. The van der Waals surface area contributed by atoms with E-state index in [-0.39, 0.29) is 29.5 Å².